The summed E-state index contributed by atoms with van der Waals surface area (Å²) in [6.45, 7) is 3.69. The van der Waals surface area contributed by atoms with Crippen molar-refractivity contribution in [2.75, 3.05) is 5.32 Å². The smallest absolute Gasteiger partial charge is 0.258 e. The summed E-state index contributed by atoms with van der Waals surface area (Å²) in [5.74, 6) is 0.113. The van der Waals surface area contributed by atoms with Crippen LogP contribution in [0, 0.1) is 18.3 Å². The first-order valence-electron chi connectivity index (χ1n) is 6.14. The molecule has 0 fully saturated rings. The summed E-state index contributed by atoms with van der Waals surface area (Å²) in [6, 6.07) is 6.85. The Bertz CT molecular complexity index is 673. The van der Waals surface area contributed by atoms with E-state index in [-0.39, 0.29) is 5.91 Å². The third-order valence-corrected chi connectivity index (χ3v) is 2.71. The Hall–Kier alpha value is -2.81. The summed E-state index contributed by atoms with van der Waals surface area (Å²) in [5, 5.41) is 19.3. The van der Waals surface area contributed by atoms with Crippen molar-refractivity contribution in [2.24, 2.45) is 0 Å². The summed E-state index contributed by atoms with van der Waals surface area (Å²) in [7, 11) is 0. The van der Waals surface area contributed by atoms with Gasteiger partial charge in [0.1, 0.15) is 11.9 Å². The number of anilines is 1. The van der Waals surface area contributed by atoms with Crippen LogP contribution in [0.1, 0.15) is 34.2 Å². The lowest BCUT2D eigenvalue weighted by Gasteiger charge is -2.07. The van der Waals surface area contributed by atoms with Crippen LogP contribution in [0.4, 0.5) is 5.82 Å². The molecule has 100 valence electrons. The minimum absolute atomic E-state index is 0.281. The molecule has 20 heavy (non-hydrogen) atoms. The number of hydrogen-bond acceptors (Lipinski definition) is 5. The van der Waals surface area contributed by atoms with Crippen LogP contribution in [-0.4, -0.2) is 21.1 Å². The molecule has 0 aliphatic rings. The lowest BCUT2D eigenvalue weighted by molar-refractivity contribution is 0.102. The van der Waals surface area contributed by atoms with Gasteiger partial charge in [-0.25, -0.2) is 4.98 Å². The summed E-state index contributed by atoms with van der Waals surface area (Å²) in [4.78, 5) is 16.2. The fraction of sp³-hybridized carbons (Fsp3) is 0.214. The first-order valence-corrected chi connectivity index (χ1v) is 6.14. The molecule has 0 saturated carbocycles. The third kappa shape index (κ3) is 2.95. The molecule has 0 radical (unpaired) electrons. The maximum absolute atomic E-state index is 12.2. The van der Waals surface area contributed by atoms with Crippen molar-refractivity contribution in [3.8, 4) is 6.07 Å². The molecule has 2 rings (SSSR count). The first kappa shape index (κ1) is 13.6. The Morgan fingerprint density at radius 1 is 1.40 bits per heavy atom. The van der Waals surface area contributed by atoms with Crippen LogP contribution in [0.2, 0.25) is 0 Å². The van der Waals surface area contributed by atoms with Gasteiger partial charge < -0.3 is 5.32 Å². The summed E-state index contributed by atoms with van der Waals surface area (Å²) < 4.78 is 0. The number of pyridine rings is 1. The number of aromatic nitrogens is 3. The number of aryl methyl sites for hydroxylation is 2. The number of rotatable bonds is 3. The monoisotopic (exact) mass is 267 g/mol. The highest BCUT2D eigenvalue weighted by Crippen LogP contribution is 2.11. The molecule has 0 atom stereocenters. The fourth-order valence-electron chi connectivity index (χ4n) is 1.69. The van der Waals surface area contributed by atoms with Crippen molar-refractivity contribution < 1.29 is 4.79 Å². The number of hydrogen-bond donors (Lipinski definition) is 1. The van der Waals surface area contributed by atoms with Crippen LogP contribution in [0.15, 0.2) is 24.4 Å². The lowest BCUT2D eigenvalue weighted by atomic mass is 10.1. The lowest BCUT2D eigenvalue weighted by Crippen LogP contribution is -2.16. The van der Waals surface area contributed by atoms with Gasteiger partial charge in [-0.3, -0.25) is 4.79 Å². The van der Waals surface area contributed by atoms with Crippen LogP contribution in [-0.2, 0) is 6.42 Å². The number of carbonyl (C=O) groups excluding carboxylic acids is 1. The molecule has 0 aliphatic heterocycles. The molecule has 0 aromatic carbocycles. The number of nitrogens with zero attached hydrogens (tertiary/aromatic N) is 4. The topological polar surface area (TPSA) is 91.6 Å². The molecule has 6 nitrogen and oxygen atoms in total. The van der Waals surface area contributed by atoms with E-state index in [0.717, 1.165) is 0 Å². The van der Waals surface area contributed by atoms with Gasteiger partial charge in [-0.05, 0) is 31.5 Å². The van der Waals surface area contributed by atoms with Crippen LogP contribution >= 0.6 is 0 Å². The second-order valence-corrected chi connectivity index (χ2v) is 4.20. The van der Waals surface area contributed by atoms with Crippen molar-refractivity contribution >= 4 is 11.7 Å². The minimum atomic E-state index is -0.281. The van der Waals surface area contributed by atoms with Gasteiger partial charge >= 0.3 is 0 Å². The first-order chi connectivity index (χ1) is 9.63. The van der Waals surface area contributed by atoms with E-state index in [2.05, 4.69) is 20.5 Å². The third-order valence-electron chi connectivity index (χ3n) is 2.71. The second kappa shape index (κ2) is 5.89. The molecule has 1 N–H and O–H groups in total. The second-order valence-electron chi connectivity index (χ2n) is 4.20. The van der Waals surface area contributed by atoms with Crippen molar-refractivity contribution in [1.82, 2.24) is 15.2 Å². The molecule has 0 bridgehead atoms. The van der Waals surface area contributed by atoms with Crippen molar-refractivity contribution in [3.05, 3.63) is 46.9 Å². The zero-order valence-electron chi connectivity index (χ0n) is 11.2. The van der Waals surface area contributed by atoms with Crippen LogP contribution in [0.5, 0.6) is 0 Å². The highest BCUT2D eigenvalue weighted by Gasteiger charge is 2.13. The van der Waals surface area contributed by atoms with Crippen molar-refractivity contribution in [2.45, 2.75) is 20.3 Å². The van der Waals surface area contributed by atoms with Gasteiger partial charge in [0.2, 0.25) is 0 Å². The number of carbonyl (C=O) groups is 1. The van der Waals surface area contributed by atoms with E-state index in [1.807, 2.05) is 13.0 Å². The van der Waals surface area contributed by atoms with Gasteiger partial charge in [0, 0.05) is 6.20 Å². The predicted molar refractivity (Wildman–Crippen MR) is 73.1 cm³/mol. The Morgan fingerprint density at radius 3 is 2.80 bits per heavy atom. The molecule has 6 heteroatoms. The summed E-state index contributed by atoms with van der Waals surface area (Å²) in [6.07, 6.45) is 2.03. The zero-order valence-corrected chi connectivity index (χ0v) is 11.2. The molecule has 2 heterocycles. The van der Waals surface area contributed by atoms with Crippen molar-refractivity contribution in [1.29, 1.82) is 5.26 Å². The van der Waals surface area contributed by atoms with Gasteiger partial charge in [0.05, 0.1) is 22.5 Å². The Morgan fingerprint density at radius 2 is 2.20 bits per heavy atom. The van der Waals surface area contributed by atoms with E-state index >= 15 is 0 Å². The average Bonchev–Trinajstić information content (AvgIpc) is 2.48. The Labute approximate surface area is 116 Å². The minimum Gasteiger partial charge on any atom is -0.307 e. The maximum atomic E-state index is 12.2. The molecular weight excluding hydrogens is 254 g/mol. The SMILES string of the molecule is CCc1nnc(C)cc1C(=O)Nc1ccc(C#N)cn1. The largest absolute Gasteiger partial charge is 0.307 e. The molecule has 0 saturated heterocycles. The molecule has 0 spiro atoms. The molecule has 2 aromatic rings. The average molecular weight is 267 g/mol. The highest BCUT2D eigenvalue weighted by molar-refractivity contribution is 6.04. The number of nitrogens with one attached hydrogen (secondary N) is 1. The zero-order chi connectivity index (χ0) is 14.5. The van der Waals surface area contributed by atoms with E-state index in [9.17, 15) is 4.79 Å². The van der Waals surface area contributed by atoms with Crippen molar-refractivity contribution in [3.63, 3.8) is 0 Å². The Kier molecular flexibility index (Phi) is 4.01. The Balaban J connectivity index is 2.23. The van der Waals surface area contributed by atoms with Crippen LogP contribution in [0.3, 0.4) is 0 Å². The van der Waals surface area contributed by atoms with E-state index < -0.39 is 0 Å². The molecule has 0 unspecified atom stereocenters. The number of amides is 1. The molecule has 0 aliphatic carbocycles. The van der Waals surface area contributed by atoms with Gasteiger partial charge in [-0.15, -0.1) is 0 Å². The van der Waals surface area contributed by atoms with Gasteiger partial charge in [-0.2, -0.15) is 15.5 Å². The normalized spacial score (nSPS) is 9.85. The highest BCUT2D eigenvalue weighted by atomic mass is 16.1. The van der Waals surface area contributed by atoms with Gasteiger partial charge in [0.25, 0.3) is 5.91 Å². The van der Waals surface area contributed by atoms with Crippen LogP contribution in [0.25, 0.3) is 0 Å². The molecular formula is C14H13N5O. The predicted octanol–water partition coefficient (Wildman–Crippen LogP) is 1.87. The van der Waals surface area contributed by atoms with E-state index in [1.54, 1.807) is 25.1 Å². The molecule has 1 amide bonds. The van der Waals surface area contributed by atoms with Gasteiger partial charge in [-0.1, -0.05) is 6.92 Å². The fourth-order valence-corrected chi connectivity index (χ4v) is 1.69. The van der Waals surface area contributed by atoms with E-state index in [1.165, 1.54) is 6.20 Å². The number of nitriles is 1. The molecule has 2 aromatic heterocycles. The van der Waals surface area contributed by atoms with Crippen LogP contribution < -0.4 is 5.32 Å². The van der Waals surface area contributed by atoms with E-state index in [0.29, 0.717) is 34.8 Å². The maximum Gasteiger partial charge on any atom is 0.258 e. The standard InChI is InChI=1S/C14H13N5O/c1-3-12-11(6-9(2)18-19-12)14(20)17-13-5-4-10(7-15)8-16-13/h4-6,8H,3H2,1-2H3,(H,16,17,20). The summed E-state index contributed by atoms with van der Waals surface area (Å²) >= 11 is 0. The van der Waals surface area contributed by atoms with Gasteiger partial charge in [0.15, 0.2) is 0 Å². The van der Waals surface area contributed by atoms with E-state index in [4.69, 9.17) is 5.26 Å². The summed E-state index contributed by atoms with van der Waals surface area (Å²) in [5.41, 5.74) is 2.26. The quantitative estimate of drug-likeness (QED) is 0.916.